The summed E-state index contributed by atoms with van der Waals surface area (Å²) in [5.74, 6) is 0.392. The Bertz CT molecular complexity index is 284. The first-order valence-electron chi connectivity index (χ1n) is 3.61. The second-order valence-corrected chi connectivity index (χ2v) is 2.71. The van der Waals surface area contributed by atoms with Crippen molar-refractivity contribution >= 4 is 0 Å². The molecule has 0 fully saturated rings. The molecule has 1 rings (SSSR count). The van der Waals surface area contributed by atoms with Crippen LogP contribution in [-0.4, -0.2) is 4.98 Å². The van der Waals surface area contributed by atoms with Crippen LogP contribution in [0, 0.1) is 11.3 Å². The van der Waals surface area contributed by atoms with E-state index in [9.17, 15) is 0 Å². The highest BCUT2D eigenvalue weighted by molar-refractivity contribution is 5.23. The Labute approximate surface area is 66.5 Å². The number of aromatic nitrogens is 1. The lowest BCUT2D eigenvalue weighted by Crippen LogP contribution is -1.93. The molecule has 0 aliphatic rings. The maximum Gasteiger partial charge on any atom is 0.140 e. The molecule has 2 heteroatoms. The van der Waals surface area contributed by atoms with E-state index in [1.165, 1.54) is 0 Å². The van der Waals surface area contributed by atoms with Crippen LogP contribution in [0.2, 0.25) is 0 Å². The molecule has 0 aromatic carbocycles. The van der Waals surface area contributed by atoms with E-state index in [1.54, 1.807) is 6.07 Å². The minimum Gasteiger partial charge on any atom is -0.242 e. The molecular weight excluding hydrogens is 136 g/mol. The van der Waals surface area contributed by atoms with Gasteiger partial charge in [-0.25, -0.2) is 4.98 Å². The Hall–Kier alpha value is -1.36. The van der Waals surface area contributed by atoms with Gasteiger partial charge in [-0.2, -0.15) is 5.26 Å². The van der Waals surface area contributed by atoms with E-state index in [-0.39, 0.29) is 0 Å². The minimum absolute atomic E-state index is 0.392. The molecule has 0 saturated carbocycles. The van der Waals surface area contributed by atoms with E-state index < -0.39 is 0 Å². The molecule has 0 N–H and O–H groups in total. The Kier molecular flexibility index (Phi) is 2.22. The summed E-state index contributed by atoms with van der Waals surface area (Å²) in [6.45, 7) is 4.12. The average Bonchev–Trinajstić information content (AvgIpc) is 2.05. The molecule has 0 amide bonds. The lowest BCUT2D eigenvalue weighted by atomic mass is 10.1. The summed E-state index contributed by atoms with van der Waals surface area (Å²) in [5, 5.41) is 8.53. The van der Waals surface area contributed by atoms with Gasteiger partial charge in [0.05, 0.1) is 0 Å². The first kappa shape index (κ1) is 7.74. The van der Waals surface area contributed by atoms with Crippen LogP contribution in [-0.2, 0) is 0 Å². The van der Waals surface area contributed by atoms with Crippen LogP contribution < -0.4 is 0 Å². The second kappa shape index (κ2) is 3.16. The van der Waals surface area contributed by atoms with Crippen molar-refractivity contribution in [2.75, 3.05) is 0 Å². The molecule has 0 aliphatic heterocycles. The van der Waals surface area contributed by atoms with Crippen LogP contribution in [0.25, 0.3) is 0 Å². The van der Waals surface area contributed by atoms with Crippen molar-refractivity contribution in [3.8, 4) is 6.07 Å². The van der Waals surface area contributed by atoms with Gasteiger partial charge in [-0.05, 0) is 18.1 Å². The van der Waals surface area contributed by atoms with Gasteiger partial charge in [0.15, 0.2) is 0 Å². The van der Waals surface area contributed by atoms with Crippen molar-refractivity contribution < 1.29 is 0 Å². The molecule has 1 aromatic rings. The number of nitrogens with zero attached hydrogens (tertiary/aromatic N) is 2. The van der Waals surface area contributed by atoms with E-state index >= 15 is 0 Å². The van der Waals surface area contributed by atoms with E-state index in [0.29, 0.717) is 11.6 Å². The second-order valence-electron chi connectivity index (χ2n) is 2.71. The lowest BCUT2D eigenvalue weighted by Gasteiger charge is -2.02. The molecule has 0 spiro atoms. The molecule has 0 unspecified atom stereocenters. The highest BCUT2D eigenvalue weighted by Gasteiger charge is 2.00. The average molecular weight is 146 g/mol. The fraction of sp³-hybridized carbons (Fsp3) is 0.333. The van der Waals surface area contributed by atoms with Crippen LogP contribution in [0.1, 0.15) is 31.2 Å². The summed E-state index contributed by atoms with van der Waals surface area (Å²) in [5.41, 5.74) is 1.47. The minimum atomic E-state index is 0.392. The maximum absolute atomic E-state index is 8.53. The standard InChI is InChI=1S/C9H10N2/c1-7(2)9-5-3-4-8(6-10)11-9/h3-5,7H,1-2H3. The van der Waals surface area contributed by atoms with Crippen LogP contribution in [0.3, 0.4) is 0 Å². The van der Waals surface area contributed by atoms with Gasteiger partial charge in [-0.3, -0.25) is 0 Å². The van der Waals surface area contributed by atoms with E-state index in [4.69, 9.17) is 5.26 Å². The zero-order chi connectivity index (χ0) is 8.27. The Balaban J connectivity index is 3.03. The van der Waals surface area contributed by atoms with Crippen molar-refractivity contribution in [3.63, 3.8) is 0 Å². The van der Waals surface area contributed by atoms with Gasteiger partial charge < -0.3 is 0 Å². The number of rotatable bonds is 1. The fourth-order valence-electron chi connectivity index (χ4n) is 0.835. The van der Waals surface area contributed by atoms with Gasteiger partial charge in [0.2, 0.25) is 0 Å². The molecule has 1 aromatic heterocycles. The van der Waals surface area contributed by atoms with Crippen LogP contribution in [0.4, 0.5) is 0 Å². The predicted octanol–water partition coefficient (Wildman–Crippen LogP) is 2.08. The van der Waals surface area contributed by atoms with Gasteiger partial charge in [-0.15, -0.1) is 0 Å². The summed E-state index contributed by atoms with van der Waals surface area (Å²) in [4.78, 5) is 4.13. The summed E-state index contributed by atoms with van der Waals surface area (Å²) in [7, 11) is 0. The molecule has 2 nitrogen and oxygen atoms in total. The van der Waals surface area contributed by atoms with E-state index in [2.05, 4.69) is 18.8 Å². The zero-order valence-corrected chi connectivity index (χ0v) is 6.70. The molecular formula is C9H10N2. The van der Waals surface area contributed by atoms with Crippen molar-refractivity contribution in [1.29, 1.82) is 5.26 Å². The highest BCUT2D eigenvalue weighted by Crippen LogP contribution is 2.10. The fourth-order valence-corrected chi connectivity index (χ4v) is 0.835. The topological polar surface area (TPSA) is 36.7 Å². The van der Waals surface area contributed by atoms with E-state index in [1.807, 2.05) is 18.2 Å². The molecule has 1 heterocycles. The summed E-state index contributed by atoms with van der Waals surface area (Å²) in [6, 6.07) is 7.52. The van der Waals surface area contributed by atoms with Crippen LogP contribution in [0.15, 0.2) is 18.2 Å². The van der Waals surface area contributed by atoms with Gasteiger partial charge in [-0.1, -0.05) is 19.9 Å². The third-order valence-electron chi connectivity index (χ3n) is 1.48. The molecule has 0 aliphatic carbocycles. The van der Waals surface area contributed by atoms with Crippen molar-refractivity contribution in [1.82, 2.24) is 4.98 Å². The van der Waals surface area contributed by atoms with Gasteiger partial charge in [0.1, 0.15) is 11.8 Å². The normalized spacial score (nSPS) is 9.64. The van der Waals surface area contributed by atoms with Crippen molar-refractivity contribution in [2.45, 2.75) is 19.8 Å². The largest absolute Gasteiger partial charge is 0.242 e. The quantitative estimate of drug-likeness (QED) is 0.608. The molecule has 0 radical (unpaired) electrons. The number of hydrogen-bond donors (Lipinski definition) is 0. The predicted molar refractivity (Wildman–Crippen MR) is 43.0 cm³/mol. The summed E-state index contributed by atoms with van der Waals surface area (Å²) >= 11 is 0. The first-order valence-corrected chi connectivity index (χ1v) is 3.61. The Morgan fingerprint density at radius 3 is 2.73 bits per heavy atom. The monoisotopic (exact) mass is 146 g/mol. The Morgan fingerprint density at radius 2 is 2.18 bits per heavy atom. The van der Waals surface area contributed by atoms with Gasteiger partial charge in [0.25, 0.3) is 0 Å². The SMILES string of the molecule is CC(C)c1cccc(C#N)n1. The number of hydrogen-bond acceptors (Lipinski definition) is 2. The van der Waals surface area contributed by atoms with Crippen molar-refractivity contribution in [2.24, 2.45) is 0 Å². The van der Waals surface area contributed by atoms with Gasteiger partial charge >= 0.3 is 0 Å². The third kappa shape index (κ3) is 1.78. The Morgan fingerprint density at radius 1 is 1.45 bits per heavy atom. The van der Waals surface area contributed by atoms with Crippen LogP contribution in [0.5, 0.6) is 0 Å². The number of nitriles is 1. The molecule has 11 heavy (non-hydrogen) atoms. The number of pyridine rings is 1. The smallest absolute Gasteiger partial charge is 0.140 e. The third-order valence-corrected chi connectivity index (χ3v) is 1.48. The molecule has 56 valence electrons. The first-order chi connectivity index (χ1) is 5.24. The van der Waals surface area contributed by atoms with Crippen LogP contribution >= 0.6 is 0 Å². The lowest BCUT2D eigenvalue weighted by molar-refractivity contribution is 0.820. The summed E-state index contributed by atoms with van der Waals surface area (Å²) < 4.78 is 0. The maximum atomic E-state index is 8.53. The van der Waals surface area contributed by atoms with Crippen molar-refractivity contribution in [3.05, 3.63) is 29.6 Å². The molecule has 0 saturated heterocycles. The highest BCUT2D eigenvalue weighted by atomic mass is 14.7. The zero-order valence-electron chi connectivity index (χ0n) is 6.70. The van der Waals surface area contributed by atoms with Gasteiger partial charge in [0, 0.05) is 5.69 Å². The summed E-state index contributed by atoms with van der Waals surface area (Å²) in [6.07, 6.45) is 0. The molecule has 0 bridgehead atoms. The van der Waals surface area contributed by atoms with E-state index in [0.717, 1.165) is 5.69 Å². The molecule has 0 atom stereocenters.